The summed E-state index contributed by atoms with van der Waals surface area (Å²) < 4.78 is 0. The van der Waals surface area contributed by atoms with E-state index in [9.17, 15) is 0 Å². The van der Waals surface area contributed by atoms with Crippen LogP contribution in [0.15, 0.2) is 0 Å². The smallest absolute Gasteiger partial charge is 0.0346 e. The van der Waals surface area contributed by atoms with Crippen LogP contribution in [0.2, 0.25) is 0 Å². The first-order valence-electron chi connectivity index (χ1n) is 6.16. The third-order valence-corrected chi connectivity index (χ3v) is 3.70. The molecule has 1 heterocycles. The number of piperazine rings is 1. The first-order chi connectivity index (χ1) is 7.01. The van der Waals surface area contributed by atoms with Crippen molar-refractivity contribution in [2.24, 2.45) is 5.73 Å². The number of likely N-dealkylation sites (N-methyl/N-ethyl adjacent to an activating group) is 1. The second kappa shape index (κ2) is 5.28. The summed E-state index contributed by atoms with van der Waals surface area (Å²) in [6.45, 7) is 11.1. The van der Waals surface area contributed by atoms with Crippen LogP contribution < -0.4 is 5.73 Å². The van der Waals surface area contributed by atoms with Crippen LogP contribution in [-0.2, 0) is 0 Å². The molecule has 3 nitrogen and oxygen atoms in total. The lowest BCUT2D eigenvalue weighted by atomic mass is 9.96. The third kappa shape index (κ3) is 3.16. The normalized spacial score (nSPS) is 28.2. The molecule has 1 unspecified atom stereocenters. The summed E-state index contributed by atoms with van der Waals surface area (Å²) in [4.78, 5) is 5.01. The molecular weight excluding hydrogens is 186 g/mol. The maximum absolute atomic E-state index is 5.85. The Morgan fingerprint density at radius 3 is 2.60 bits per heavy atom. The van der Waals surface area contributed by atoms with Gasteiger partial charge in [-0.3, -0.25) is 9.80 Å². The number of hydrogen-bond acceptors (Lipinski definition) is 3. The van der Waals surface area contributed by atoms with Gasteiger partial charge in [0.25, 0.3) is 0 Å². The molecule has 3 heteroatoms. The number of nitrogens with zero attached hydrogens (tertiary/aromatic N) is 2. The highest BCUT2D eigenvalue weighted by atomic mass is 15.3. The first kappa shape index (κ1) is 12.9. The van der Waals surface area contributed by atoms with Gasteiger partial charge in [0.15, 0.2) is 0 Å². The van der Waals surface area contributed by atoms with E-state index in [-0.39, 0.29) is 0 Å². The topological polar surface area (TPSA) is 32.5 Å². The maximum atomic E-state index is 5.85. The minimum atomic E-state index is 0.291. The van der Waals surface area contributed by atoms with Crippen molar-refractivity contribution in [1.29, 1.82) is 0 Å². The molecule has 0 aliphatic carbocycles. The van der Waals surface area contributed by atoms with E-state index < -0.39 is 0 Å². The fourth-order valence-electron chi connectivity index (χ4n) is 2.27. The highest BCUT2D eigenvalue weighted by Crippen LogP contribution is 2.22. The Kier molecular flexibility index (Phi) is 4.56. The van der Waals surface area contributed by atoms with Crippen LogP contribution in [0, 0.1) is 0 Å². The molecule has 0 aromatic heterocycles. The monoisotopic (exact) mass is 213 g/mol. The van der Waals surface area contributed by atoms with Crippen molar-refractivity contribution in [3.05, 3.63) is 0 Å². The van der Waals surface area contributed by atoms with Crippen LogP contribution in [-0.4, -0.2) is 54.6 Å². The minimum Gasteiger partial charge on any atom is -0.329 e. The van der Waals surface area contributed by atoms with E-state index in [1.165, 1.54) is 19.4 Å². The summed E-state index contributed by atoms with van der Waals surface area (Å²) in [6.07, 6.45) is 2.56. The van der Waals surface area contributed by atoms with Crippen LogP contribution in [0.25, 0.3) is 0 Å². The minimum absolute atomic E-state index is 0.291. The van der Waals surface area contributed by atoms with Gasteiger partial charge in [-0.15, -0.1) is 0 Å². The zero-order valence-corrected chi connectivity index (χ0v) is 10.8. The van der Waals surface area contributed by atoms with Crippen molar-refractivity contribution >= 4 is 0 Å². The molecule has 1 atom stereocenters. The molecule has 1 rings (SSSR count). The second-order valence-electron chi connectivity index (χ2n) is 5.41. The predicted octanol–water partition coefficient (Wildman–Crippen LogP) is 1.14. The molecule has 1 fully saturated rings. The lowest BCUT2D eigenvalue weighted by Crippen LogP contribution is -2.63. The number of unbranched alkanes of at least 4 members (excludes halogenated alkanes) is 1. The van der Waals surface area contributed by atoms with Crippen molar-refractivity contribution < 1.29 is 0 Å². The Morgan fingerprint density at radius 2 is 2.07 bits per heavy atom. The summed E-state index contributed by atoms with van der Waals surface area (Å²) in [5, 5.41) is 0. The largest absolute Gasteiger partial charge is 0.329 e. The fraction of sp³-hybridized carbons (Fsp3) is 1.00. The Labute approximate surface area is 94.6 Å². The summed E-state index contributed by atoms with van der Waals surface area (Å²) >= 11 is 0. The van der Waals surface area contributed by atoms with E-state index >= 15 is 0 Å². The Hall–Kier alpha value is -0.120. The van der Waals surface area contributed by atoms with Gasteiger partial charge in [-0.05, 0) is 33.9 Å². The van der Waals surface area contributed by atoms with E-state index in [1.807, 2.05) is 0 Å². The van der Waals surface area contributed by atoms with Gasteiger partial charge in [-0.1, -0.05) is 13.3 Å². The van der Waals surface area contributed by atoms with Gasteiger partial charge in [0, 0.05) is 31.2 Å². The van der Waals surface area contributed by atoms with Crippen LogP contribution in [0.1, 0.15) is 33.6 Å². The lowest BCUT2D eigenvalue weighted by molar-refractivity contribution is 0.00144. The van der Waals surface area contributed by atoms with Gasteiger partial charge in [-0.25, -0.2) is 0 Å². The van der Waals surface area contributed by atoms with Crippen LogP contribution >= 0.6 is 0 Å². The molecule has 0 amide bonds. The molecule has 15 heavy (non-hydrogen) atoms. The Balaban J connectivity index is 2.58. The summed E-state index contributed by atoms with van der Waals surface area (Å²) in [7, 11) is 2.21. The quantitative estimate of drug-likeness (QED) is 0.760. The zero-order valence-electron chi connectivity index (χ0n) is 10.8. The van der Waals surface area contributed by atoms with Gasteiger partial charge in [0.05, 0.1) is 0 Å². The number of hydrogen-bond donors (Lipinski definition) is 1. The van der Waals surface area contributed by atoms with Crippen LogP contribution in [0.4, 0.5) is 0 Å². The molecule has 1 aliphatic rings. The predicted molar refractivity (Wildman–Crippen MR) is 66.0 cm³/mol. The SMILES string of the molecule is CCCCN1CC(C)(C)N(C)CC1CN. The van der Waals surface area contributed by atoms with Gasteiger partial charge < -0.3 is 5.73 Å². The third-order valence-electron chi connectivity index (χ3n) is 3.70. The maximum Gasteiger partial charge on any atom is 0.0346 e. The Bertz CT molecular complexity index is 191. The van der Waals surface area contributed by atoms with Crippen molar-refractivity contribution in [2.45, 2.75) is 45.2 Å². The van der Waals surface area contributed by atoms with Gasteiger partial charge in [0.2, 0.25) is 0 Å². The average molecular weight is 213 g/mol. The van der Waals surface area contributed by atoms with E-state index in [0.717, 1.165) is 19.6 Å². The molecule has 90 valence electrons. The van der Waals surface area contributed by atoms with Crippen molar-refractivity contribution in [2.75, 3.05) is 33.2 Å². The standard InChI is InChI=1S/C12H27N3/c1-5-6-7-15-10-12(2,3)14(4)9-11(15)8-13/h11H,5-10,13H2,1-4H3. The van der Waals surface area contributed by atoms with E-state index in [0.29, 0.717) is 11.6 Å². The summed E-state index contributed by atoms with van der Waals surface area (Å²) in [6, 6.07) is 0.551. The van der Waals surface area contributed by atoms with Gasteiger partial charge in [-0.2, -0.15) is 0 Å². The molecule has 1 aliphatic heterocycles. The molecule has 0 saturated carbocycles. The molecule has 2 N–H and O–H groups in total. The molecule has 0 spiro atoms. The lowest BCUT2D eigenvalue weighted by Gasteiger charge is -2.49. The molecule has 0 aromatic carbocycles. The zero-order chi connectivity index (χ0) is 11.5. The molecular formula is C12H27N3. The molecule has 1 saturated heterocycles. The van der Waals surface area contributed by atoms with Crippen LogP contribution in [0.5, 0.6) is 0 Å². The van der Waals surface area contributed by atoms with Crippen molar-refractivity contribution in [1.82, 2.24) is 9.80 Å². The van der Waals surface area contributed by atoms with E-state index in [2.05, 4.69) is 37.6 Å². The molecule has 0 aromatic rings. The van der Waals surface area contributed by atoms with Crippen molar-refractivity contribution in [3.63, 3.8) is 0 Å². The highest BCUT2D eigenvalue weighted by molar-refractivity contribution is 4.93. The second-order valence-corrected chi connectivity index (χ2v) is 5.41. The Morgan fingerprint density at radius 1 is 1.40 bits per heavy atom. The van der Waals surface area contributed by atoms with E-state index in [4.69, 9.17) is 5.73 Å². The summed E-state index contributed by atoms with van der Waals surface area (Å²) in [5.74, 6) is 0. The van der Waals surface area contributed by atoms with E-state index in [1.54, 1.807) is 0 Å². The summed E-state index contributed by atoms with van der Waals surface area (Å²) in [5.41, 5.74) is 6.14. The fourth-order valence-corrected chi connectivity index (χ4v) is 2.27. The first-order valence-corrected chi connectivity index (χ1v) is 6.16. The highest BCUT2D eigenvalue weighted by Gasteiger charge is 2.35. The molecule has 0 radical (unpaired) electrons. The van der Waals surface area contributed by atoms with Crippen LogP contribution in [0.3, 0.4) is 0 Å². The average Bonchev–Trinajstić information content (AvgIpc) is 2.19. The number of nitrogens with two attached hydrogens (primary N) is 1. The number of rotatable bonds is 4. The van der Waals surface area contributed by atoms with Crippen molar-refractivity contribution in [3.8, 4) is 0 Å². The van der Waals surface area contributed by atoms with Gasteiger partial charge >= 0.3 is 0 Å². The molecule has 0 bridgehead atoms. The van der Waals surface area contributed by atoms with Gasteiger partial charge in [0.1, 0.15) is 0 Å².